The average Bonchev–Trinajstić information content (AvgIpc) is 2.75. The van der Waals surface area contributed by atoms with Crippen molar-refractivity contribution in [3.8, 4) is 22.5 Å². The molecule has 0 aromatic carbocycles. The molecule has 6 heteroatoms. The van der Waals surface area contributed by atoms with E-state index < -0.39 is 0 Å². The van der Waals surface area contributed by atoms with E-state index in [1.807, 2.05) is 56.3 Å². The molecule has 30 heavy (non-hydrogen) atoms. The summed E-state index contributed by atoms with van der Waals surface area (Å²) in [5.41, 5.74) is 6.47. The molecule has 0 unspecified atom stereocenters. The summed E-state index contributed by atoms with van der Waals surface area (Å²) in [4.78, 5) is 29.9. The van der Waals surface area contributed by atoms with Crippen molar-refractivity contribution in [3.63, 3.8) is 0 Å². The molecule has 0 saturated carbocycles. The average molecular weight is 395 g/mol. The summed E-state index contributed by atoms with van der Waals surface area (Å²) in [6, 6.07) is 15.3. The van der Waals surface area contributed by atoms with Crippen LogP contribution in [0.5, 0.6) is 0 Å². The van der Waals surface area contributed by atoms with E-state index in [0.717, 1.165) is 39.3 Å². The number of anilines is 1. The molecule has 4 aromatic rings. The summed E-state index contributed by atoms with van der Waals surface area (Å²) in [6.45, 7) is 3.95. The summed E-state index contributed by atoms with van der Waals surface area (Å²) >= 11 is 0. The Morgan fingerprint density at radius 1 is 0.867 bits per heavy atom. The van der Waals surface area contributed by atoms with Gasteiger partial charge in [0.1, 0.15) is 5.82 Å². The quantitative estimate of drug-likeness (QED) is 0.542. The highest BCUT2D eigenvalue weighted by molar-refractivity contribution is 5.91. The van der Waals surface area contributed by atoms with Gasteiger partial charge in [0.05, 0.1) is 17.8 Å². The van der Waals surface area contributed by atoms with Crippen molar-refractivity contribution >= 4 is 11.7 Å². The van der Waals surface area contributed by atoms with Gasteiger partial charge in [0.15, 0.2) is 0 Å². The van der Waals surface area contributed by atoms with Gasteiger partial charge < -0.3 is 5.32 Å². The van der Waals surface area contributed by atoms with Gasteiger partial charge in [0.2, 0.25) is 5.91 Å². The number of hydrogen-bond acceptors (Lipinski definition) is 5. The highest BCUT2D eigenvalue weighted by atomic mass is 16.1. The molecule has 0 aliphatic carbocycles. The molecule has 0 bridgehead atoms. The number of nitrogens with zero attached hydrogens (tertiary/aromatic N) is 4. The largest absolute Gasteiger partial charge is 0.310 e. The lowest BCUT2D eigenvalue weighted by Gasteiger charge is -2.09. The summed E-state index contributed by atoms with van der Waals surface area (Å²) in [5.74, 6) is 0.370. The van der Waals surface area contributed by atoms with Crippen molar-refractivity contribution < 1.29 is 4.79 Å². The molecule has 0 saturated heterocycles. The lowest BCUT2D eigenvalue weighted by Crippen LogP contribution is -2.15. The van der Waals surface area contributed by atoms with Crippen LogP contribution < -0.4 is 5.32 Å². The van der Waals surface area contributed by atoms with E-state index in [2.05, 4.69) is 25.3 Å². The first-order chi connectivity index (χ1) is 14.6. The SMILES string of the molecule is Cc1cc(-c2ncc(CC(=O)Nc3ccc(-c4ccccn4)cn3)cc2C)ccn1. The summed E-state index contributed by atoms with van der Waals surface area (Å²) in [6.07, 6.45) is 7.19. The minimum atomic E-state index is -0.137. The number of carbonyl (C=O) groups excluding carboxylic acids is 1. The maximum atomic E-state index is 12.4. The Morgan fingerprint density at radius 3 is 2.47 bits per heavy atom. The van der Waals surface area contributed by atoms with E-state index in [1.165, 1.54) is 0 Å². The summed E-state index contributed by atoms with van der Waals surface area (Å²) in [7, 11) is 0. The maximum absolute atomic E-state index is 12.4. The molecule has 0 aliphatic rings. The number of pyridine rings is 4. The Hall–Kier alpha value is -3.93. The summed E-state index contributed by atoms with van der Waals surface area (Å²) < 4.78 is 0. The van der Waals surface area contributed by atoms with E-state index in [9.17, 15) is 4.79 Å². The predicted molar refractivity (Wildman–Crippen MR) is 117 cm³/mol. The first-order valence-electron chi connectivity index (χ1n) is 9.64. The molecule has 4 heterocycles. The normalized spacial score (nSPS) is 10.6. The van der Waals surface area contributed by atoms with Crippen molar-refractivity contribution in [2.45, 2.75) is 20.3 Å². The van der Waals surface area contributed by atoms with Crippen LogP contribution >= 0.6 is 0 Å². The van der Waals surface area contributed by atoms with E-state index in [-0.39, 0.29) is 12.3 Å². The number of aromatic nitrogens is 4. The standard InChI is InChI=1S/C24H21N5O/c1-16-11-18(14-28-24(16)19-8-10-25-17(2)12-19)13-23(30)29-22-7-6-20(15-27-22)21-5-3-4-9-26-21/h3-12,14-15H,13H2,1-2H3,(H,27,29,30). The molecule has 0 fully saturated rings. The van der Waals surface area contributed by atoms with Gasteiger partial charge in [-0.1, -0.05) is 12.1 Å². The second-order valence-corrected chi connectivity index (χ2v) is 7.07. The van der Waals surface area contributed by atoms with E-state index >= 15 is 0 Å². The van der Waals surface area contributed by atoms with Crippen LogP contribution in [0.25, 0.3) is 22.5 Å². The monoisotopic (exact) mass is 395 g/mol. The van der Waals surface area contributed by atoms with E-state index in [4.69, 9.17) is 0 Å². The molecule has 0 aliphatic heterocycles. The van der Waals surface area contributed by atoms with Crippen LogP contribution in [0.4, 0.5) is 5.82 Å². The molecule has 4 rings (SSSR count). The predicted octanol–water partition coefficient (Wildman–Crippen LogP) is 4.40. The smallest absolute Gasteiger partial charge is 0.230 e. The number of aryl methyl sites for hydroxylation is 2. The second-order valence-electron chi connectivity index (χ2n) is 7.07. The Labute approximate surface area is 175 Å². The van der Waals surface area contributed by atoms with Gasteiger partial charge in [0.25, 0.3) is 0 Å². The number of nitrogens with one attached hydrogen (secondary N) is 1. The Bertz CT molecular complexity index is 1170. The molecule has 0 atom stereocenters. The fourth-order valence-corrected chi connectivity index (χ4v) is 3.25. The minimum Gasteiger partial charge on any atom is -0.310 e. The zero-order chi connectivity index (χ0) is 20.9. The molecule has 148 valence electrons. The van der Waals surface area contributed by atoms with Gasteiger partial charge >= 0.3 is 0 Å². The Balaban J connectivity index is 1.42. The van der Waals surface area contributed by atoms with Crippen molar-refractivity contribution in [1.82, 2.24) is 19.9 Å². The third-order valence-corrected chi connectivity index (χ3v) is 4.66. The van der Waals surface area contributed by atoms with Gasteiger partial charge in [-0.15, -0.1) is 0 Å². The molecule has 4 aromatic heterocycles. The molecule has 1 amide bonds. The van der Waals surface area contributed by atoms with Crippen molar-refractivity contribution in [1.29, 1.82) is 0 Å². The third-order valence-electron chi connectivity index (χ3n) is 4.66. The van der Waals surface area contributed by atoms with Crippen molar-refractivity contribution in [2.75, 3.05) is 5.32 Å². The highest BCUT2D eigenvalue weighted by Gasteiger charge is 2.10. The van der Waals surface area contributed by atoms with Gasteiger partial charge in [-0.05, 0) is 61.4 Å². The highest BCUT2D eigenvalue weighted by Crippen LogP contribution is 2.22. The van der Waals surface area contributed by atoms with Crippen LogP contribution in [-0.2, 0) is 11.2 Å². The van der Waals surface area contributed by atoms with Crippen LogP contribution in [0, 0.1) is 13.8 Å². The number of carbonyl (C=O) groups is 1. The van der Waals surface area contributed by atoms with Crippen LogP contribution in [0.3, 0.4) is 0 Å². The van der Waals surface area contributed by atoms with Gasteiger partial charge in [-0.25, -0.2) is 4.98 Å². The first kappa shape index (κ1) is 19.4. The second kappa shape index (κ2) is 8.61. The van der Waals surface area contributed by atoms with E-state index in [0.29, 0.717) is 5.82 Å². The number of hydrogen-bond donors (Lipinski definition) is 1. The lowest BCUT2D eigenvalue weighted by molar-refractivity contribution is -0.115. The molecule has 0 radical (unpaired) electrons. The van der Waals surface area contributed by atoms with Crippen molar-refractivity contribution in [2.24, 2.45) is 0 Å². The number of amides is 1. The zero-order valence-electron chi connectivity index (χ0n) is 16.8. The fraction of sp³-hybridized carbons (Fsp3) is 0.125. The molecular weight excluding hydrogens is 374 g/mol. The topological polar surface area (TPSA) is 80.7 Å². The Kier molecular flexibility index (Phi) is 5.57. The van der Waals surface area contributed by atoms with Crippen molar-refractivity contribution in [3.05, 3.63) is 90.1 Å². The lowest BCUT2D eigenvalue weighted by atomic mass is 10.0. The molecular formula is C24H21N5O. The molecule has 0 spiro atoms. The third kappa shape index (κ3) is 4.55. The first-order valence-corrected chi connectivity index (χ1v) is 9.64. The van der Waals surface area contributed by atoms with E-state index in [1.54, 1.807) is 30.9 Å². The summed E-state index contributed by atoms with van der Waals surface area (Å²) in [5, 5.41) is 2.84. The molecule has 6 nitrogen and oxygen atoms in total. The minimum absolute atomic E-state index is 0.137. The van der Waals surface area contributed by atoms with Crippen LogP contribution in [-0.4, -0.2) is 25.8 Å². The fourth-order valence-electron chi connectivity index (χ4n) is 3.25. The maximum Gasteiger partial charge on any atom is 0.230 e. The van der Waals surface area contributed by atoms with Crippen LogP contribution in [0.15, 0.2) is 73.3 Å². The van der Waals surface area contributed by atoms with Gasteiger partial charge in [-0.2, -0.15) is 0 Å². The van der Waals surface area contributed by atoms with Crippen LogP contribution in [0.1, 0.15) is 16.8 Å². The van der Waals surface area contributed by atoms with Gasteiger partial charge in [0, 0.05) is 41.6 Å². The van der Waals surface area contributed by atoms with Gasteiger partial charge in [-0.3, -0.25) is 19.7 Å². The molecule has 1 N–H and O–H groups in total. The van der Waals surface area contributed by atoms with Crippen LogP contribution in [0.2, 0.25) is 0 Å². The number of rotatable bonds is 5. The Morgan fingerprint density at radius 2 is 1.77 bits per heavy atom. The zero-order valence-corrected chi connectivity index (χ0v) is 16.8.